The molecule has 2 rings (SSSR count). The number of benzene rings is 1. The second kappa shape index (κ2) is 8.67. The lowest BCUT2D eigenvalue weighted by Crippen LogP contribution is -2.36. The average Bonchev–Trinajstić information content (AvgIpc) is 3.03. The van der Waals surface area contributed by atoms with Gasteiger partial charge in [-0.05, 0) is 31.6 Å². The van der Waals surface area contributed by atoms with Crippen molar-refractivity contribution in [2.45, 2.75) is 12.6 Å². The molecule has 23 heavy (non-hydrogen) atoms. The molecule has 0 saturated carbocycles. The number of likely N-dealkylation sites (N-methyl/N-ethyl adjacent to an activating group) is 1. The van der Waals surface area contributed by atoms with Crippen LogP contribution < -0.4 is 10.6 Å². The molecule has 0 aliphatic carbocycles. The highest BCUT2D eigenvalue weighted by Gasteiger charge is 2.16. The first-order valence-corrected chi connectivity index (χ1v) is 8.31. The Kier molecular flexibility index (Phi) is 6.58. The van der Waals surface area contributed by atoms with Crippen molar-refractivity contribution in [3.05, 3.63) is 52.2 Å². The number of ether oxygens (including phenoxy) is 1. The zero-order valence-electron chi connectivity index (χ0n) is 13.7. The molecule has 6 heteroatoms. The second-order valence-electron chi connectivity index (χ2n) is 5.42. The van der Waals surface area contributed by atoms with E-state index >= 15 is 0 Å². The molecule has 0 unspecified atom stereocenters. The summed E-state index contributed by atoms with van der Waals surface area (Å²) in [4.78, 5) is 15.5. The van der Waals surface area contributed by atoms with Gasteiger partial charge in [-0.2, -0.15) is 0 Å². The molecule has 1 aromatic carbocycles. The summed E-state index contributed by atoms with van der Waals surface area (Å²) >= 11 is 1.69. The van der Waals surface area contributed by atoms with Gasteiger partial charge < -0.3 is 20.3 Å². The van der Waals surface area contributed by atoms with E-state index in [2.05, 4.69) is 21.6 Å². The Morgan fingerprint density at radius 1 is 1.26 bits per heavy atom. The molecular weight excluding hydrogens is 310 g/mol. The summed E-state index contributed by atoms with van der Waals surface area (Å²) in [6.07, 6.45) is 0. The number of anilines is 1. The van der Waals surface area contributed by atoms with Gasteiger partial charge >= 0.3 is 6.03 Å². The van der Waals surface area contributed by atoms with E-state index < -0.39 is 0 Å². The van der Waals surface area contributed by atoms with Gasteiger partial charge in [-0.15, -0.1) is 11.3 Å². The molecule has 0 bridgehead atoms. The van der Waals surface area contributed by atoms with Crippen LogP contribution in [0.4, 0.5) is 10.5 Å². The van der Waals surface area contributed by atoms with Gasteiger partial charge in [-0.25, -0.2) is 4.79 Å². The molecule has 2 aromatic rings. The smallest absolute Gasteiger partial charge is 0.319 e. The first-order chi connectivity index (χ1) is 11.1. The van der Waals surface area contributed by atoms with Crippen molar-refractivity contribution in [1.82, 2.24) is 10.2 Å². The van der Waals surface area contributed by atoms with Gasteiger partial charge in [0.1, 0.15) is 0 Å². The Morgan fingerprint density at radius 2 is 2.04 bits per heavy atom. The van der Waals surface area contributed by atoms with Gasteiger partial charge in [0.25, 0.3) is 0 Å². The number of carbonyl (C=O) groups excluding carboxylic acids is 1. The van der Waals surface area contributed by atoms with Crippen molar-refractivity contribution < 1.29 is 9.53 Å². The highest BCUT2D eigenvalue weighted by molar-refractivity contribution is 7.10. The maximum absolute atomic E-state index is 12.2. The van der Waals surface area contributed by atoms with Crippen LogP contribution in [0.2, 0.25) is 0 Å². The molecule has 5 nitrogen and oxygen atoms in total. The molecular formula is C17H23N3O2S. The first kappa shape index (κ1) is 17.5. The summed E-state index contributed by atoms with van der Waals surface area (Å²) in [5.74, 6) is 0. The highest BCUT2D eigenvalue weighted by atomic mass is 32.1. The fourth-order valence-electron chi connectivity index (χ4n) is 2.30. The summed E-state index contributed by atoms with van der Waals surface area (Å²) in [6, 6.07) is 11.7. The molecule has 2 amide bonds. The highest BCUT2D eigenvalue weighted by Crippen LogP contribution is 2.22. The van der Waals surface area contributed by atoms with Gasteiger partial charge in [-0.1, -0.05) is 24.3 Å². The monoisotopic (exact) mass is 333 g/mol. The van der Waals surface area contributed by atoms with Crippen LogP contribution in [-0.4, -0.2) is 38.7 Å². The van der Waals surface area contributed by atoms with Gasteiger partial charge in [0.15, 0.2) is 0 Å². The van der Waals surface area contributed by atoms with Gasteiger partial charge in [0.05, 0.1) is 12.6 Å². The lowest BCUT2D eigenvalue weighted by atomic mass is 10.2. The largest absolute Gasteiger partial charge is 0.380 e. The number of amides is 2. The van der Waals surface area contributed by atoms with Gasteiger partial charge in [-0.3, -0.25) is 0 Å². The van der Waals surface area contributed by atoms with Crippen LogP contribution >= 0.6 is 11.3 Å². The Bertz CT molecular complexity index is 614. The number of methoxy groups -OCH3 is 1. The quantitative estimate of drug-likeness (QED) is 0.817. The lowest BCUT2D eigenvalue weighted by molar-refractivity contribution is 0.185. The number of urea groups is 1. The number of nitrogens with zero attached hydrogens (tertiary/aromatic N) is 1. The number of nitrogens with one attached hydrogen (secondary N) is 2. The van der Waals surface area contributed by atoms with E-state index in [-0.39, 0.29) is 12.1 Å². The molecule has 1 atom stereocenters. The van der Waals surface area contributed by atoms with E-state index in [0.717, 1.165) is 11.3 Å². The van der Waals surface area contributed by atoms with Gasteiger partial charge in [0.2, 0.25) is 0 Å². The Morgan fingerprint density at radius 3 is 2.70 bits per heavy atom. The van der Waals surface area contributed by atoms with Crippen molar-refractivity contribution in [2.75, 3.05) is 33.1 Å². The van der Waals surface area contributed by atoms with E-state index in [1.807, 2.05) is 49.8 Å². The third kappa shape index (κ3) is 5.06. The minimum absolute atomic E-state index is 0.162. The molecule has 0 aliphatic rings. The van der Waals surface area contributed by atoms with E-state index in [1.165, 1.54) is 4.88 Å². The SMILES string of the molecule is COCc1ccccc1NC(=O)NC[C@H](c1cccs1)N(C)C. The number of hydrogen-bond acceptors (Lipinski definition) is 4. The van der Waals surface area contributed by atoms with E-state index in [4.69, 9.17) is 4.74 Å². The van der Waals surface area contributed by atoms with Crippen LogP contribution in [0.3, 0.4) is 0 Å². The zero-order chi connectivity index (χ0) is 16.7. The second-order valence-corrected chi connectivity index (χ2v) is 6.40. The fraction of sp³-hybridized carbons (Fsp3) is 0.353. The number of carbonyl (C=O) groups is 1. The summed E-state index contributed by atoms with van der Waals surface area (Å²) in [5.41, 5.74) is 1.72. The third-order valence-electron chi connectivity index (χ3n) is 3.52. The molecule has 124 valence electrons. The summed E-state index contributed by atoms with van der Waals surface area (Å²) in [7, 11) is 5.66. The summed E-state index contributed by atoms with van der Waals surface area (Å²) in [6.45, 7) is 1.01. The van der Waals surface area contributed by atoms with Crippen LogP contribution in [0.25, 0.3) is 0 Å². The lowest BCUT2D eigenvalue weighted by Gasteiger charge is -2.23. The standard InChI is InChI=1S/C17H23N3O2S/c1-20(2)15(16-9-6-10-23-16)11-18-17(21)19-14-8-5-4-7-13(14)12-22-3/h4-10,15H,11-12H2,1-3H3,(H2,18,19,21)/t15-/m1/s1. The zero-order valence-corrected chi connectivity index (χ0v) is 14.5. The summed E-state index contributed by atoms with van der Waals surface area (Å²) < 4.78 is 5.15. The maximum Gasteiger partial charge on any atom is 0.319 e. The van der Waals surface area contributed by atoms with E-state index in [9.17, 15) is 4.79 Å². The van der Waals surface area contributed by atoms with Gasteiger partial charge in [0, 0.05) is 29.8 Å². The molecule has 2 N–H and O–H groups in total. The Balaban J connectivity index is 1.94. The third-order valence-corrected chi connectivity index (χ3v) is 4.49. The van der Waals surface area contributed by atoms with Crippen LogP contribution in [0.5, 0.6) is 0 Å². The van der Waals surface area contributed by atoms with Crippen molar-refractivity contribution in [2.24, 2.45) is 0 Å². The predicted octanol–water partition coefficient (Wildman–Crippen LogP) is 3.32. The molecule has 1 aromatic heterocycles. The maximum atomic E-state index is 12.2. The number of para-hydroxylation sites is 1. The molecule has 0 saturated heterocycles. The molecule has 0 spiro atoms. The van der Waals surface area contributed by atoms with E-state index in [0.29, 0.717) is 13.2 Å². The minimum Gasteiger partial charge on any atom is -0.380 e. The molecule has 0 radical (unpaired) electrons. The van der Waals surface area contributed by atoms with Crippen LogP contribution in [0.1, 0.15) is 16.5 Å². The summed E-state index contributed by atoms with van der Waals surface area (Å²) in [5, 5.41) is 7.88. The Hall–Kier alpha value is -1.89. The minimum atomic E-state index is -0.211. The van der Waals surface area contributed by atoms with Crippen LogP contribution in [0.15, 0.2) is 41.8 Å². The van der Waals surface area contributed by atoms with E-state index in [1.54, 1.807) is 18.4 Å². The average molecular weight is 333 g/mol. The Labute approximate surface area is 141 Å². The van der Waals surface area contributed by atoms with Crippen molar-refractivity contribution in [3.63, 3.8) is 0 Å². The predicted molar refractivity (Wildman–Crippen MR) is 94.9 cm³/mol. The molecule has 1 heterocycles. The number of hydrogen-bond donors (Lipinski definition) is 2. The van der Waals surface area contributed by atoms with Crippen LogP contribution in [-0.2, 0) is 11.3 Å². The van der Waals surface area contributed by atoms with Crippen LogP contribution in [0, 0.1) is 0 Å². The fourth-order valence-corrected chi connectivity index (χ4v) is 3.22. The normalized spacial score (nSPS) is 12.2. The van der Waals surface area contributed by atoms with Crippen molar-refractivity contribution in [3.8, 4) is 0 Å². The first-order valence-electron chi connectivity index (χ1n) is 7.43. The topological polar surface area (TPSA) is 53.6 Å². The molecule has 0 aliphatic heterocycles. The molecule has 0 fully saturated rings. The van der Waals surface area contributed by atoms with Crippen molar-refractivity contribution >= 4 is 23.1 Å². The number of thiophene rings is 1. The van der Waals surface area contributed by atoms with Crippen molar-refractivity contribution in [1.29, 1.82) is 0 Å². The number of rotatable bonds is 7.